The number of esters is 1. The number of ether oxygens (including phenoxy) is 4. The number of carboxylic acid groups (broad SMARTS) is 1. The number of unbranched alkanes of at least 4 members (excludes halogenated alkanes) is 25. The van der Waals surface area contributed by atoms with E-state index in [-0.39, 0.29) is 6.42 Å². The molecule has 14 heteroatoms. The Kier molecular flexibility index (Phi) is 30.2. The summed E-state index contributed by atoms with van der Waals surface area (Å²) >= 11 is 0. The summed E-state index contributed by atoms with van der Waals surface area (Å²) in [5, 5.41) is 81.2. The van der Waals surface area contributed by atoms with E-state index in [4.69, 9.17) is 24.1 Å². The predicted octanol–water partition coefficient (Wildman–Crippen LogP) is 6.58. The highest BCUT2D eigenvalue weighted by Gasteiger charge is 2.59. The monoisotopic (exact) mass is 863 g/mol. The molecule has 1 unspecified atom stereocenters. The van der Waals surface area contributed by atoms with Crippen LogP contribution in [0.1, 0.15) is 200 Å². The minimum absolute atomic E-state index is 0.274. The molecular weight excluding hydrogens is 776 g/mol. The third kappa shape index (κ3) is 21.3. The Morgan fingerprint density at radius 1 is 0.550 bits per heavy atom. The molecule has 0 aromatic rings. The predicted molar refractivity (Wildman–Crippen MR) is 228 cm³/mol. The van der Waals surface area contributed by atoms with E-state index in [1.54, 1.807) is 0 Å². The van der Waals surface area contributed by atoms with Gasteiger partial charge in [0.05, 0.1) is 19.1 Å². The van der Waals surface area contributed by atoms with Crippen LogP contribution in [0.5, 0.6) is 0 Å². The number of aliphatic hydroxyl groups excluding tert-OH is 7. The van der Waals surface area contributed by atoms with Crippen molar-refractivity contribution >= 4 is 11.9 Å². The molecule has 2 fully saturated rings. The second-order valence-electron chi connectivity index (χ2n) is 17.6. The maximum Gasteiger partial charge on any atom is 0.309 e. The molecule has 60 heavy (non-hydrogen) atoms. The standard InChI is InChI=1S/C46H86O14/c1-2-3-4-5-6-7-8-14-17-20-23-26-29-35(30-27-24-21-18-15-12-10-9-11-13-16-19-22-25-28-31-38(49)50)44(56)57-34-46(43(55)40(52)37(33-48)59-46)60-45-42(54)41(53)39(51)36(32-47)58-45/h35-37,39-43,45,47-48,51-55H,2-34H2,1H3,(H,49,50)/t35?,36-,37-,39-,40-,41+,42-,43+,45-,46+/m1/s1. The number of hydrogen-bond donors (Lipinski definition) is 8. The Bertz CT molecular complexity index is 1080. The lowest BCUT2D eigenvalue weighted by Crippen LogP contribution is -2.63. The number of carbonyl (C=O) groups is 2. The lowest BCUT2D eigenvalue weighted by molar-refractivity contribution is -0.384. The van der Waals surface area contributed by atoms with E-state index in [0.29, 0.717) is 12.8 Å². The van der Waals surface area contributed by atoms with Crippen molar-refractivity contribution in [3.63, 3.8) is 0 Å². The molecule has 2 rings (SSSR count). The topological polar surface area (TPSA) is 233 Å². The number of aliphatic hydroxyl groups is 7. The van der Waals surface area contributed by atoms with Gasteiger partial charge < -0.3 is 59.8 Å². The van der Waals surface area contributed by atoms with E-state index < -0.39 is 92.5 Å². The minimum Gasteiger partial charge on any atom is -0.481 e. The summed E-state index contributed by atoms with van der Waals surface area (Å²) in [7, 11) is 0. The zero-order valence-corrected chi connectivity index (χ0v) is 37.1. The van der Waals surface area contributed by atoms with Gasteiger partial charge in [0.2, 0.25) is 5.79 Å². The van der Waals surface area contributed by atoms with Gasteiger partial charge in [-0.15, -0.1) is 0 Å². The van der Waals surface area contributed by atoms with Crippen LogP contribution in [-0.4, -0.2) is 127 Å². The average molecular weight is 863 g/mol. The SMILES string of the molecule is CCCCCCCCCCCCCCC(CCCCCCCCCCCCCCCCCC(=O)O)C(=O)OC[C@@]1(O[C@H]2O[C@H](CO)[C@@H](O)[C@H](O)[C@H]2O)O[C@H](CO)[C@@H](O)[C@@H]1O. The van der Waals surface area contributed by atoms with Gasteiger partial charge in [0.15, 0.2) is 6.29 Å². The van der Waals surface area contributed by atoms with Gasteiger partial charge in [-0.25, -0.2) is 0 Å². The molecule has 0 radical (unpaired) electrons. The highest BCUT2D eigenvalue weighted by Crippen LogP contribution is 2.37. The van der Waals surface area contributed by atoms with Crippen LogP contribution in [0.2, 0.25) is 0 Å². The molecule has 8 N–H and O–H groups in total. The van der Waals surface area contributed by atoms with Crippen molar-refractivity contribution < 1.29 is 69.4 Å². The average Bonchev–Trinajstić information content (AvgIpc) is 3.48. The van der Waals surface area contributed by atoms with Crippen molar-refractivity contribution in [2.24, 2.45) is 5.92 Å². The second kappa shape index (κ2) is 33.1. The third-order valence-electron chi connectivity index (χ3n) is 12.4. The summed E-state index contributed by atoms with van der Waals surface area (Å²) in [4.78, 5) is 24.3. The number of carbonyl (C=O) groups excluding carboxylic acids is 1. The first kappa shape index (κ1) is 54.7. The van der Waals surface area contributed by atoms with Gasteiger partial charge in [0, 0.05) is 6.42 Å². The Balaban J connectivity index is 1.85. The summed E-state index contributed by atoms with van der Waals surface area (Å²) in [6, 6.07) is 0. The molecule has 354 valence electrons. The van der Waals surface area contributed by atoms with Crippen LogP contribution in [0.3, 0.4) is 0 Å². The van der Waals surface area contributed by atoms with Crippen LogP contribution in [0.4, 0.5) is 0 Å². The van der Waals surface area contributed by atoms with E-state index in [9.17, 15) is 45.3 Å². The van der Waals surface area contributed by atoms with E-state index in [0.717, 1.165) is 64.2 Å². The highest BCUT2D eigenvalue weighted by molar-refractivity contribution is 5.72. The molecular formula is C46H86O14. The van der Waals surface area contributed by atoms with Gasteiger partial charge in [-0.3, -0.25) is 9.59 Å². The van der Waals surface area contributed by atoms with Gasteiger partial charge in [0.1, 0.15) is 49.3 Å². The summed E-state index contributed by atoms with van der Waals surface area (Å²) in [5.41, 5.74) is 0. The molecule has 2 saturated heterocycles. The fraction of sp³-hybridized carbons (Fsp3) is 0.957. The van der Waals surface area contributed by atoms with Crippen molar-refractivity contribution in [1.82, 2.24) is 0 Å². The molecule has 2 heterocycles. The minimum atomic E-state index is -2.29. The van der Waals surface area contributed by atoms with Crippen LogP contribution in [0, 0.1) is 5.92 Å². The third-order valence-corrected chi connectivity index (χ3v) is 12.4. The van der Waals surface area contributed by atoms with E-state index >= 15 is 0 Å². The van der Waals surface area contributed by atoms with Crippen molar-refractivity contribution in [3.05, 3.63) is 0 Å². The summed E-state index contributed by atoms with van der Waals surface area (Å²) < 4.78 is 22.8. The van der Waals surface area contributed by atoms with Crippen LogP contribution in [0.15, 0.2) is 0 Å². The summed E-state index contributed by atoms with van der Waals surface area (Å²) in [6.07, 6.45) is 19.6. The molecule has 0 aromatic carbocycles. The lowest BCUT2D eigenvalue weighted by Gasteiger charge is -2.43. The zero-order chi connectivity index (χ0) is 44.0. The Morgan fingerprint density at radius 2 is 0.967 bits per heavy atom. The van der Waals surface area contributed by atoms with Gasteiger partial charge in [-0.2, -0.15) is 0 Å². The molecule has 0 aliphatic carbocycles. The number of aliphatic carboxylic acids is 1. The fourth-order valence-electron chi connectivity index (χ4n) is 8.48. The Morgan fingerprint density at radius 3 is 1.37 bits per heavy atom. The molecule has 0 saturated carbocycles. The Labute approximate surface area is 360 Å². The van der Waals surface area contributed by atoms with Crippen molar-refractivity contribution in [3.8, 4) is 0 Å². The van der Waals surface area contributed by atoms with Crippen molar-refractivity contribution in [2.75, 3.05) is 19.8 Å². The quantitative estimate of drug-likeness (QED) is 0.0242. The molecule has 0 amide bonds. The summed E-state index contributed by atoms with van der Waals surface area (Å²) in [6.45, 7) is 0.101. The number of rotatable bonds is 38. The van der Waals surface area contributed by atoms with Crippen molar-refractivity contribution in [2.45, 2.75) is 254 Å². The number of hydrogen-bond acceptors (Lipinski definition) is 13. The van der Waals surface area contributed by atoms with E-state index in [1.807, 2.05) is 0 Å². The van der Waals surface area contributed by atoms with Crippen LogP contribution in [-0.2, 0) is 28.5 Å². The zero-order valence-electron chi connectivity index (χ0n) is 37.1. The Hall–Kier alpha value is -1.46. The maximum atomic E-state index is 13.7. The molecule has 14 nitrogen and oxygen atoms in total. The van der Waals surface area contributed by atoms with Gasteiger partial charge in [-0.05, 0) is 19.3 Å². The van der Waals surface area contributed by atoms with Crippen LogP contribution in [0.25, 0.3) is 0 Å². The normalized spacial score (nSPS) is 27.3. The smallest absolute Gasteiger partial charge is 0.309 e. The van der Waals surface area contributed by atoms with Crippen molar-refractivity contribution in [1.29, 1.82) is 0 Å². The molecule has 2 aliphatic heterocycles. The maximum absolute atomic E-state index is 13.7. The molecule has 0 spiro atoms. The first-order valence-corrected chi connectivity index (χ1v) is 24.0. The molecule has 2 aliphatic rings. The van der Waals surface area contributed by atoms with Gasteiger partial charge in [0.25, 0.3) is 0 Å². The highest BCUT2D eigenvalue weighted by atomic mass is 16.8. The lowest BCUT2D eigenvalue weighted by atomic mass is 9.94. The number of carboxylic acids is 1. The van der Waals surface area contributed by atoms with E-state index in [1.165, 1.54) is 109 Å². The van der Waals surface area contributed by atoms with Crippen LogP contribution >= 0.6 is 0 Å². The molecule has 0 bridgehead atoms. The van der Waals surface area contributed by atoms with Gasteiger partial charge >= 0.3 is 11.9 Å². The largest absolute Gasteiger partial charge is 0.481 e. The second-order valence-corrected chi connectivity index (χ2v) is 17.6. The molecule has 10 atom stereocenters. The molecule has 0 aromatic heterocycles. The first-order chi connectivity index (χ1) is 29.0. The van der Waals surface area contributed by atoms with E-state index in [2.05, 4.69) is 6.92 Å². The van der Waals surface area contributed by atoms with Crippen LogP contribution < -0.4 is 0 Å². The van der Waals surface area contributed by atoms with Gasteiger partial charge in [-0.1, -0.05) is 174 Å². The first-order valence-electron chi connectivity index (χ1n) is 24.0. The fourth-order valence-corrected chi connectivity index (χ4v) is 8.48. The summed E-state index contributed by atoms with van der Waals surface area (Å²) in [5.74, 6) is -3.92.